The average molecular weight is 339 g/mol. The number of benzene rings is 1. The first kappa shape index (κ1) is 16.9. The number of carbonyl (C=O) groups excluding carboxylic acids is 1. The maximum atomic E-state index is 11.9. The molecule has 0 radical (unpaired) electrons. The van der Waals surface area contributed by atoms with Crippen molar-refractivity contribution in [3.8, 4) is 0 Å². The van der Waals surface area contributed by atoms with Crippen molar-refractivity contribution in [1.29, 1.82) is 0 Å². The van der Waals surface area contributed by atoms with Gasteiger partial charge in [-0.2, -0.15) is 0 Å². The molecule has 2 rings (SSSR count). The van der Waals surface area contributed by atoms with Gasteiger partial charge >= 0.3 is 5.97 Å². The largest absolute Gasteiger partial charge is 0.476 e. The van der Waals surface area contributed by atoms with Gasteiger partial charge < -0.3 is 15.2 Å². The molecule has 122 valence electrons. The van der Waals surface area contributed by atoms with E-state index in [1.54, 1.807) is 18.2 Å². The van der Waals surface area contributed by atoms with Gasteiger partial charge in [-0.15, -0.1) is 5.10 Å². The summed E-state index contributed by atoms with van der Waals surface area (Å²) in [5.41, 5.74) is 0.626. The number of carboxylic acid groups (broad SMARTS) is 1. The third-order valence-corrected chi connectivity index (χ3v) is 3.29. The van der Waals surface area contributed by atoms with Gasteiger partial charge in [0.15, 0.2) is 5.69 Å². The molecule has 23 heavy (non-hydrogen) atoms. The molecule has 0 saturated carbocycles. The Labute approximate surface area is 137 Å². The van der Waals surface area contributed by atoms with Crippen molar-refractivity contribution in [3.05, 3.63) is 46.7 Å². The maximum absolute atomic E-state index is 11.9. The number of hydrogen-bond acceptors (Lipinski definition) is 5. The molecule has 0 saturated heterocycles. The minimum atomic E-state index is -1.20. The van der Waals surface area contributed by atoms with E-state index in [2.05, 4.69) is 15.6 Å². The minimum Gasteiger partial charge on any atom is -0.476 e. The lowest BCUT2D eigenvalue weighted by atomic mass is 10.1. The Morgan fingerprint density at radius 1 is 1.48 bits per heavy atom. The van der Waals surface area contributed by atoms with E-state index < -0.39 is 5.97 Å². The number of hydrogen-bond donors (Lipinski definition) is 2. The van der Waals surface area contributed by atoms with Crippen molar-refractivity contribution in [3.63, 3.8) is 0 Å². The molecule has 1 aromatic heterocycles. The Balaban J connectivity index is 1.90. The minimum absolute atomic E-state index is 0.133. The fourth-order valence-electron chi connectivity index (χ4n) is 1.93. The number of aromatic carboxylic acids is 1. The van der Waals surface area contributed by atoms with Crippen LogP contribution in [0.25, 0.3) is 0 Å². The monoisotopic (exact) mass is 338 g/mol. The maximum Gasteiger partial charge on any atom is 0.358 e. The molecule has 2 aromatic rings. The number of methoxy groups -OCH3 is 1. The highest BCUT2D eigenvalue weighted by Crippen LogP contribution is 2.19. The Bertz CT molecular complexity index is 704. The van der Waals surface area contributed by atoms with Crippen molar-refractivity contribution in [2.75, 3.05) is 13.7 Å². The average Bonchev–Trinajstić information content (AvgIpc) is 2.96. The first-order valence-electron chi connectivity index (χ1n) is 6.68. The molecule has 2 N–H and O–H groups in total. The van der Waals surface area contributed by atoms with Crippen LogP contribution in [0.4, 0.5) is 0 Å². The first-order chi connectivity index (χ1) is 11.0. The van der Waals surface area contributed by atoms with Crippen molar-refractivity contribution in [1.82, 2.24) is 20.3 Å². The van der Waals surface area contributed by atoms with Crippen LogP contribution in [0.3, 0.4) is 0 Å². The summed E-state index contributed by atoms with van der Waals surface area (Å²) in [7, 11) is 1.54. The third kappa shape index (κ3) is 4.76. The molecule has 0 spiro atoms. The van der Waals surface area contributed by atoms with Gasteiger partial charge in [0.25, 0.3) is 0 Å². The summed E-state index contributed by atoms with van der Waals surface area (Å²) < 4.78 is 6.49. The van der Waals surface area contributed by atoms with E-state index in [4.69, 9.17) is 21.4 Å². The van der Waals surface area contributed by atoms with Crippen LogP contribution in [0.1, 0.15) is 22.2 Å². The molecular weight excluding hydrogens is 324 g/mol. The topological polar surface area (TPSA) is 106 Å². The first-order valence-corrected chi connectivity index (χ1v) is 7.05. The van der Waals surface area contributed by atoms with Crippen molar-refractivity contribution in [2.45, 2.75) is 12.6 Å². The lowest BCUT2D eigenvalue weighted by molar-refractivity contribution is -0.122. The molecule has 1 heterocycles. The quantitative estimate of drug-likeness (QED) is 0.784. The fourth-order valence-corrected chi connectivity index (χ4v) is 2.13. The van der Waals surface area contributed by atoms with Crippen LogP contribution in [-0.2, 0) is 16.1 Å². The van der Waals surface area contributed by atoms with Crippen LogP contribution in [0.15, 0.2) is 30.5 Å². The molecular formula is C14H15ClN4O4. The van der Waals surface area contributed by atoms with Gasteiger partial charge in [0.05, 0.1) is 12.3 Å². The second kappa shape index (κ2) is 7.70. The molecule has 9 heteroatoms. The fraction of sp³-hybridized carbons (Fsp3) is 0.286. The number of amides is 1. The van der Waals surface area contributed by atoms with Crippen molar-refractivity contribution in [2.24, 2.45) is 0 Å². The van der Waals surface area contributed by atoms with Crippen LogP contribution in [0, 0.1) is 0 Å². The molecule has 8 nitrogen and oxygen atoms in total. The van der Waals surface area contributed by atoms with E-state index in [0.29, 0.717) is 5.02 Å². The Kier molecular flexibility index (Phi) is 5.67. The highest BCUT2D eigenvalue weighted by atomic mass is 35.5. The smallest absolute Gasteiger partial charge is 0.358 e. The number of nitrogens with zero attached hydrogens (tertiary/aromatic N) is 3. The zero-order valence-corrected chi connectivity index (χ0v) is 13.0. The second-order valence-electron chi connectivity index (χ2n) is 4.69. The van der Waals surface area contributed by atoms with Crippen LogP contribution >= 0.6 is 11.6 Å². The number of rotatable bonds is 7. The van der Waals surface area contributed by atoms with Gasteiger partial charge in [0, 0.05) is 18.7 Å². The van der Waals surface area contributed by atoms with Gasteiger partial charge in [0.2, 0.25) is 5.91 Å². The van der Waals surface area contributed by atoms with E-state index in [0.717, 1.165) is 10.2 Å². The zero-order valence-electron chi connectivity index (χ0n) is 12.3. The summed E-state index contributed by atoms with van der Waals surface area (Å²) in [4.78, 5) is 22.6. The van der Waals surface area contributed by atoms with E-state index in [1.165, 1.54) is 13.3 Å². The van der Waals surface area contributed by atoms with Crippen LogP contribution in [0.2, 0.25) is 5.02 Å². The van der Waals surface area contributed by atoms with Crippen molar-refractivity contribution >= 4 is 23.5 Å². The molecule has 1 unspecified atom stereocenters. The van der Waals surface area contributed by atoms with E-state index in [1.807, 2.05) is 6.07 Å². The normalized spacial score (nSPS) is 11.9. The highest BCUT2D eigenvalue weighted by molar-refractivity contribution is 6.30. The summed E-state index contributed by atoms with van der Waals surface area (Å²) in [6.45, 7) is 0.114. The van der Waals surface area contributed by atoms with E-state index in [-0.39, 0.29) is 30.8 Å². The Morgan fingerprint density at radius 3 is 2.87 bits per heavy atom. The van der Waals surface area contributed by atoms with Crippen LogP contribution in [-0.4, -0.2) is 45.6 Å². The summed E-state index contributed by atoms with van der Waals surface area (Å²) in [5.74, 6) is -1.53. The number of carboxylic acids is 1. The van der Waals surface area contributed by atoms with E-state index >= 15 is 0 Å². The third-order valence-electron chi connectivity index (χ3n) is 3.05. The summed E-state index contributed by atoms with van der Waals surface area (Å²) in [6.07, 6.45) is 0.843. The molecule has 1 amide bonds. The molecule has 0 aliphatic heterocycles. The molecule has 0 aliphatic rings. The summed E-state index contributed by atoms with van der Waals surface area (Å²) in [6, 6.07) is 7.16. The van der Waals surface area contributed by atoms with Gasteiger partial charge in [-0.25, -0.2) is 9.48 Å². The number of ether oxygens (including phenoxy) is 1. The van der Waals surface area contributed by atoms with Gasteiger partial charge in [-0.05, 0) is 17.7 Å². The molecule has 0 bridgehead atoms. The lowest BCUT2D eigenvalue weighted by Crippen LogP contribution is -2.32. The number of nitrogens with one attached hydrogen (secondary N) is 1. The zero-order chi connectivity index (χ0) is 16.8. The van der Waals surface area contributed by atoms with Gasteiger partial charge in [-0.3, -0.25) is 4.79 Å². The van der Waals surface area contributed by atoms with Gasteiger partial charge in [-0.1, -0.05) is 28.9 Å². The van der Waals surface area contributed by atoms with E-state index in [9.17, 15) is 9.59 Å². The van der Waals surface area contributed by atoms with Crippen LogP contribution in [0.5, 0.6) is 0 Å². The SMILES string of the molecule is COC(CNC(=O)Cn1cc(C(=O)O)nn1)c1cccc(Cl)c1. The second-order valence-corrected chi connectivity index (χ2v) is 5.13. The summed E-state index contributed by atoms with van der Waals surface area (Å²) >= 11 is 5.93. The van der Waals surface area contributed by atoms with Crippen LogP contribution < -0.4 is 5.32 Å². The van der Waals surface area contributed by atoms with Gasteiger partial charge in [0.1, 0.15) is 6.54 Å². The molecule has 1 aromatic carbocycles. The Morgan fingerprint density at radius 2 is 2.26 bits per heavy atom. The lowest BCUT2D eigenvalue weighted by Gasteiger charge is -2.16. The number of halogens is 1. The molecule has 0 aliphatic carbocycles. The highest BCUT2D eigenvalue weighted by Gasteiger charge is 2.14. The number of carbonyl (C=O) groups is 2. The predicted molar refractivity (Wildman–Crippen MR) is 81.2 cm³/mol. The van der Waals surface area contributed by atoms with Crippen molar-refractivity contribution < 1.29 is 19.4 Å². The standard InChI is InChI=1S/C14H15ClN4O4/c1-23-12(9-3-2-4-10(15)5-9)6-16-13(20)8-19-7-11(14(21)22)17-18-19/h2-5,7,12H,6,8H2,1H3,(H,16,20)(H,21,22). The molecule has 0 fully saturated rings. The predicted octanol–water partition coefficient (Wildman–Crippen LogP) is 1.13. The molecule has 1 atom stereocenters. The Hall–Kier alpha value is -2.45. The summed E-state index contributed by atoms with van der Waals surface area (Å²) in [5, 5.41) is 19.0. The number of aromatic nitrogens is 3.